The van der Waals surface area contributed by atoms with E-state index in [1.54, 1.807) is 0 Å². The van der Waals surface area contributed by atoms with Crippen LogP contribution in [-0.2, 0) is 0 Å². The van der Waals surface area contributed by atoms with Gasteiger partial charge in [-0.2, -0.15) is 0 Å². The Balaban J connectivity index is 1.71. The van der Waals surface area contributed by atoms with Crippen LogP contribution >= 0.6 is 0 Å². The molecular weight excluding hydrogens is 328 g/mol. The lowest BCUT2D eigenvalue weighted by Gasteiger charge is -2.14. The van der Waals surface area contributed by atoms with Gasteiger partial charge in [0.1, 0.15) is 11.5 Å². The molecule has 26 heavy (non-hydrogen) atoms. The van der Waals surface area contributed by atoms with E-state index < -0.39 is 12.2 Å². The molecule has 2 aromatic carbocycles. The van der Waals surface area contributed by atoms with E-state index in [9.17, 15) is 10.2 Å². The zero-order valence-electron chi connectivity index (χ0n) is 15.7. The van der Waals surface area contributed by atoms with Gasteiger partial charge in [0.05, 0.1) is 25.4 Å². The number of aliphatic hydroxyl groups is 2. The summed E-state index contributed by atoms with van der Waals surface area (Å²) in [5, 5.41) is 20.6. The van der Waals surface area contributed by atoms with Crippen molar-refractivity contribution >= 4 is 0 Å². The molecule has 0 amide bonds. The molecular formula is C22H30O4. The fourth-order valence-electron chi connectivity index (χ4n) is 2.91. The highest BCUT2D eigenvalue weighted by atomic mass is 16.5. The number of aliphatic hydroxyl groups excluding tert-OH is 2. The van der Waals surface area contributed by atoms with Crippen molar-refractivity contribution in [1.82, 2.24) is 0 Å². The fraction of sp³-hybridized carbons (Fsp3) is 0.455. The minimum Gasteiger partial charge on any atom is -0.494 e. The third-order valence-electron chi connectivity index (χ3n) is 4.36. The van der Waals surface area contributed by atoms with E-state index >= 15 is 0 Å². The molecule has 2 aromatic rings. The number of hydrogen-bond acceptors (Lipinski definition) is 4. The van der Waals surface area contributed by atoms with Crippen LogP contribution < -0.4 is 9.47 Å². The molecule has 4 heteroatoms. The second-order valence-electron chi connectivity index (χ2n) is 6.32. The lowest BCUT2D eigenvalue weighted by atomic mass is 9.99. The van der Waals surface area contributed by atoms with Crippen LogP contribution in [0.4, 0.5) is 0 Å². The first kappa shape index (κ1) is 20.3. The van der Waals surface area contributed by atoms with Crippen molar-refractivity contribution in [3.8, 4) is 11.5 Å². The molecule has 0 saturated carbocycles. The van der Waals surface area contributed by atoms with Gasteiger partial charge >= 0.3 is 0 Å². The molecule has 0 unspecified atom stereocenters. The highest BCUT2D eigenvalue weighted by Gasteiger charge is 2.10. The maximum atomic E-state index is 10.3. The number of rotatable bonds is 11. The van der Waals surface area contributed by atoms with E-state index in [-0.39, 0.29) is 0 Å². The predicted molar refractivity (Wildman–Crippen MR) is 104 cm³/mol. The Morgan fingerprint density at radius 3 is 1.31 bits per heavy atom. The molecule has 4 nitrogen and oxygen atoms in total. The van der Waals surface area contributed by atoms with Gasteiger partial charge in [-0.15, -0.1) is 0 Å². The third kappa shape index (κ3) is 6.36. The summed E-state index contributed by atoms with van der Waals surface area (Å²) in [6.07, 6.45) is 2.14. The highest BCUT2D eigenvalue weighted by Crippen LogP contribution is 2.25. The molecule has 0 saturated heterocycles. The van der Waals surface area contributed by atoms with Crippen LogP contribution in [0.15, 0.2) is 48.5 Å². The van der Waals surface area contributed by atoms with Gasteiger partial charge in [0, 0.05) is 0 Å². The molecule has 2 atom stereocenters. The SMILES string of the molecule is CCOc1ccc([C@@H](O)CCCC[C@H](O)c2ccc(OCC)cc2)cc1. The first-order valence-electron chi connectivity index (χ1n) is 9.45. The molecule has 2 rings (SSSR count). The Kier molecular flexibility index (Phi) is 8.45. The monoisotopic (exact) mass is 358 g/mol. The topological polar surface area (TPSA) is 58.9 Å². The van der Waals surface area contributed by atoms with Crippen molar-refractivity contribution in [3.63, 3.8) is 0 Å². The van der Waals surface area contributed by atoms with Gasteiger partial charge in [-0.25, -0.2) is 0 Å². The van der Waals surface area contributed by atoms with Gasteiger partial charge in [-0.05, 0) is 62.1 Å². The summed E-state index contributed by atoms with van der Waals surface area (Å²) in [7, 11) is 0. The predicted octanol–water partition coefficient (Wildman–Crippen LogP) is 4.81. The third-order valence-corrected chi connectivity index (χ3v) is 4.36. The van der Waals surface area contributed by atoms with Crippen LogP contribution in [0.2, 0.25) is 0 Å². The van der Waals surface area contributed by atoms with Crippen LogP contribution in [0.5, 0.6) is 11.5 Å². The molecule has 0 heterocycles. The molecule has 0 spiro atoms. The van der Waals surface area contributed by atoms with Crippen molar-refractivity contribution in [3.05, 3.63) is 59.7 Å². The number of hydrogen-bond donors (Lipinski definition) is 2. The van der Waals surface area contributed by atoms with Crippen LogP contribution in [-0.4, -0.2) is 23.4 Å². The minimum atomic E-state index is -0.478. The summed E-state index contributed by atoms with van der Waals surface area (Å²) in [5.41, 5.74) is 1.81. The average molecular weight is 358 g/mol. The molecule has 2 N–H and O–H groups in total. The van der Waals surface area contributed by atoms with Gasteiger partial charge in [0.2, 0.25) is 0 Å². The summed E-state index contributed by atoms with van der Waals surface area (Å²) >= 11 is 0. The van der Waals surface area contributed by atoms with Crippen molar-refractivity contribution in [2.24, 2.45) is 0 Å². The Morgan fingerprint density at radius 2 is 1.00 bits per heavy atom. The Morgan fingerprint density at radius 1 is 0.654 bits per heavy atom. The van der Waals surface area contributed by atoms with Crippen molar-refractivity contribution < 1.29 is 19.7 Å². The lowest BCUT2D eigenvalue weighted by Crippen LogP contribution is -2.01. The Hall–Kier alpha value is -2.04. The van der Waals surface area contributed by atoms with E-state index in [2.05, 4.69) is 0 Å². The lowest BCUT2D eigenvalue weighted by molar-refractivity contribution is 0.146. The smallest absolute Gasteiger partial charge is 0.119 e. The normalized spacial score (nSPS) is 13.2. The second kappa shape index (κ2) is 10.8. The van der Waals surface area contributed by atoms with Crippen LogP contribution in [0.1, 0.15) is 62.9 Å². The van der Waals surface area contributed by atoms with Crippen LogP contribution in [0.25, 0.3) is 0 Å². The van der Waals surface area contributed by atoms with Gasteiger partial charge in [-0.3, -0.25) is 0 Å². The van der Waals surface area contributed by atoms with Gasteiger partial charge < -0.3 is 19.7 Å². The molecule has 0 aliphatic carbocycles. The van der Waals surface area contributed by atoms with Gasteiger partial charge in [0.25, 0.3) is 0 Å². The minimum absolute atomic E-state index is 0.478. The maximum absolute atomic E-state index is 10.3. The molecule has 0 bridgehead atoms. The zero-order valence-corrected chi connectivity index (χ0v) is 15.7. The standard InChI is InChI=1S/C22H30O4/c1-3-25-19-13-9-17(10-14-19)21(23)7-5-6-8-22(24)18-11-15-20(16-12-18)26-4-2/h9-16,21-24H,3-8H2,1-2H3/t21-,22-/m0/s1. The quantitative estimate of drug-likeness (QED) is 0.566. The zero-order chi connectivity index (χ0) is 18.8. The summed E-state index contributed by atoms with van der Waals surface area (Å²) in [5.74, 6) is 1.64. The van der Waals surface area contributed by atoms with E-state index in [0.717, 1.165) is 35.5 Å². The van der Waals surface area contributed by atoms with E-state index in [4.69, 9.17) is 9.47 Å². The highest BCUT2D eigenvalue weighted by molar-refractivity contribution is 5.29. The number of benzene rings is 2. The Labute approximate surface area is 156 Å². The molecule has 0 fully saturated rings. The largest absolute Gasteiger partial charge is 0.494 e. The second-order valence-corrected chi connectivity index (χ2v) is 6.32. The molecule has 0 aliphatic heterocycles. The Bertz CT molecular complexity index is 564. The van der Waals surface area contributed by atoms with Crippen molar-refractivity contribution in [2.45, 2.75) is 51.7 Å². The number of ether oxygens (including phenoxy) is 2. The van der Waals surface area contributed by atoms with E-state index in [1.165, 1.54) is 0 Å². The molecule has 0 radical (unpaired) electrons. The maximum Gasteiger partial charge on any atom is 0.119 e. The van der Waals surface area contributed by atoms with E-state index in [1.807, 2.05) is 62.4 Å². The van der Waals surface area contributed by atoms with Crippen molar-refractivity contribution in [1.29, 1.82) is 0 Å². The first-order valence-corrected chi connectivity index (χ1v) is 9.45. The summed E-state index contributed by atoms with van der Waals surface area (Å²) < 4.78 is 10.8. The molecule has 0 aliphatic rings. The van der Waals surface area contributed by atoms with Gasteiger partial charge in [-0.1, -0.05) is 37.1 Å². The van der Waals surface area contributed by atoms with E-state index in [0.29, 0.717) is 26.1 Å². The average Bonchev–Trinajstić information content (AvgIpc) is 2.66. The fourth-order valence-corrected chi connectivity index (χ4v) is 2.91. The van der Waals surface area contributed by atoms with Crippen molar-refractivity contribution in [2.75, 3.05) is 13.2 Å². The molecule has 0 aromatic heterocycles. The van der Waals surface area contributed by atoms with Crippen LogP contribution in [0.3, 0.4) is 0 Å². The summed E-state index contributed by atoms with van der Waals surface area (Å²) in [6.45, 7) is 5.17. The van der Waals surface area contributed by atoms with Gasteiger partial charge in [0.15, 0.2) is 0 Å². The van der Waals surface area contributed by atoms with Crippen LogP contribution in [0, 0.1) is 0 Å². The summed E-state index contributed by atoms with van der Waals surface area (Å²) in [4.78, 5) is 0. The first-order chi connectivity index (χ1) is 12.6. The molecule has 142 valence electrons. The summed E-state index contributed by atoms with van der Waals surface area (Å²) in [6, 6.07) is 15.2. The number of unbranched alkanes of at least 4 members (excludes halogenated alkanes) is 1.